The predicted octanol–water partition coefficient (Wildman–Crippen LogP) is 3.51. The standard InChI is InChI=1S/C18H14N3/c1-2-7-14(8-3-1)16-13-18(20-19-16)21-12-6-10-15-9-4-5-11-17(15)21/h1-13H,(H,19,20)/q+1. The van der Waals surface area contributed by atoms with E-state index in [1.54, 1.807) is 0 Å². The number of aromatic amines is 1. The molecule has 0 saturated heterocycles. The van der Waals surface area contributed by atoms with Gasteiger partial charge in [-0.3, -0.25) is 0 Å². The van der Waals surface area contributed by atoms with Gasteiger partial charge in [-0.15, -0.1) is 0 Å². The van der Waals surface area contributed by atoms with Gasteiger partial charge in [0, 0.05) is 10.9 Å². The first-order valence-electron chi connectivity index (χ1n) is 6.92. The summed E-state index contributed by atoms with van der Waals surface area (Å²) in [4.78, 5) is 0. The quantitative estimate of drug-likeness (QED) is 0.556. The molecular formula is C18H14N3+. The molecule has 3 heteroatoms. The van der Waals surface area contributed by atoms with Crippen LogP contribution in [0.3, 0.4) is 0 Å². The van der Waals surface area contributed by atoms with Crippen molar-refractivity contribution in [3.05, 3.63) is 79.0 Å². The van der Waals surface area contributed by atoms with Gasteiger partial charge in [0.25, 0.3) is 0 Å². The highest BCUT2D eigenvalue weighted by molar-refractivity contribution is 5.75. The van der Waals surface area contributed by atoms with Crippen molar-refractivity contribution in [2.24, 2.45) is 0 Å². The Labute approximate surface area is 122 Å². The number of H-pyrrole nitrogens is 1. The Hall–Kier alpha value is -2.94. The van der Waals surface area contributed by atoms with Crippen molar-refractivity contribution in [2.45, 2.75) is 0 Å². The average Bonchev–Trinajstić information content (AvgIpc) is 3.05. The van der Waals surface area contributed by atoms with Crippen LogP contribution < -0.4 is 4.57 Å². The van der Waals surface area contributed by atoms with Gasteiger partial charge >= 0.3 is 5.82 Å². The minimum atomic E-state index is 0.894. The lowest BCUT2D eigenvalue weighted by atomic mass is 10.1. The molecule has 0 amide bonds. The van der Waals surface area contributed by atoms with E-state index in [-0.39, 0.29) is 0 Å². The Morgan fingerprint density at radius 3 is 2.48 bits per heavy atom. The summed E-state index contributed by atoms with van der Waals surface area (Å²) in [6.45, 7) is 0. The third-order valence-corrected chi connectivity index (χ3v) is 3.60. The Bertz CT molecular complexity index is 889. The second kappa shape index (κ2) is 4.87. The van der Waals surface area contributed by atoms with E-state index >= 15 is 0 Å². The zero-order chi connectivity index (χ0) is 14.1. The van der Waals surface area contributed by atoms with Gasteiger partial charge in [0.05, 0.1) is 23.1 Å². The molecule has 0 fully saturated rings. The van der Waals surface area contributed by atoms with Crippen molar-refractivity contribution in [1.82, 2.24) is 10.2 Å². The van der Waals surface area contributed by atoms with E-state index in [2.05, 4.69) is 51.2 Å². The fraction of sp³-hybridized carbons (Fsp3) is 0. The number of nitrogens with zero attached hydrogens (tertiary/aromatic N) is 2. The van der Waals surface area contributed by atoms with Gasteiger partial charge in [-0.05, 0) is 18.2 Å². The summed E-state index contributed by atoms with van der Waals surface area (Å²) in [5, 5.41) is 8.76. The lowest BCUT2D eigenvalue weighted by Crippen LogP contribution is -2.31. The van der Waals surface area contributed by atoms with E-state index in [0.717, 1.165) is 22.6 Å². The summed E-state index contributed by atoms with van der Waals surface area (Å²) in [7, 11) is 0. The van der Waals surface area contributed by atoms with Crippen LogP contribution >= 0.6 is 0 Å². The number of hydrogen-bond acceptors (Lipinski definition) is 1. The molecule has 0 aliphatic heterocycles. The second-order valence-electron chi connectivity index (χ2n) is 4.94. The minimum absolute atomic E-state index is 0.894. The first kappa shape index (κ1) is 11.9. The number of benzene rings is 2. The summed E-state index contributed by atoms with van der Waals surface area (Å²) in [5.41, 5.74) is 3.30. The van der Waals surface area contributed by atoms with Crippen molar-refractivity contribution in [3.8, 4) is 17.1 Å². The van der Waals surface area contributed by atoms with E-state index in [4.69, 9.17) is 0 Å². The summed E-state index contributed by atoms with van der Waals surface area (Å²) in [5.74, 6) is 0.894. The molecule has 0 saturated carbocycles. The third-order valence-electron chi connectivity index (χ3n) is 3.60. The van der Waals surface area contributed by atoms with Crippen molar-refractivity contribution >= 4 is 10.9 Å². The summed E-state index contributed by atoms with van der Waals surface area (Å²) in [6, 6.07) is 24.7. The van der Waals surface area contributed by atoms with E-state index in [9.17, 15) is 0 Å². The Morgan fingerprint density at radius 2 is 1.57 bits per heavy atom. The minimum Gasteiger partial charge on any atom is -0.194 e. The average molecular weight is 272 g/mol. The molecule has 100 valence electrons. The molecule has 2 heterocycles. The fourth-order valence-corrected chi connectivity index (χ4v) is 2.56. The molecule has 3 nitrogen and oxygen atoms in total. The number of fused-ring (bicyclic) bond motifs is 1. The van der Waals surface area contributed by atoms with Crippen LogP contribution in [0.1, 0.15) is 0 Å². The topological polar surface area (TPSA) is 32.6 Å². The van der Waals surface area contributed by atoms with Gasteiger partial charge in [-0.25, -0.2) is 0 Å². The van der Waals surface area contributed by atoms with Crippen molar-refractivity contribution in [3.63, 3.8) is 0 Å². The largest absolute Gasteiger partial charge is 0.355 e. The Balaban J connectivity index is 1.85. The molecule has 0 unspecified atom stereocenters. The van der Waals surface area contributed by atoms with E-state index < -0.39 is 0 Å². The second-order valence-corrected chi connectivity index (χ2v) is 4.94. The van der Waals surface area contributed by atoms with Crippen LogP contribution in [-0.4, -0.2) is 10.2 Å². The molecule has 0 radical (unpaired) electrons. The summed E-state index contributed by atoms with van der Waals surface area (Å²) in [6.07, 6.45) is 2.04. The van der Waals surface area contributed by atoms with Gasteiger partial charge in [-0.1, -0.05) is 48.5 Å². The van der Waals surface area contributed by atoms with E-state index in [0.29, 0.717) is 0 Å². The van der Waals surface area contributed by atoms with E-state index in [1.807, 2.05) is 42.6 Å². The Morgan fingerprint density at radius 1 is 0.810 bits per heavy atom. The van der Waals surface area contributed by atoms with Gasteiger partial charge in [0.15, 0.2) is 0 Å². The molecule has 0 atom stereocenters. The molecule has 0 aliphatic carbocycles. The number of pyridine rings is 1. The third kappa shape index (κ3) is 2.09. The highest BCUT2D eigenvalue weighted by Crippen LogP contribution is 2.18. The SMILES string of the molecule is c1ccc(-c2cc(-[n+]3cccc4ccccc43)n[nH]2)cc1. The highest BCUT2D eigenvalue weighted by Gasteiger charge is 2.15. The van der Waals surface area contributed by atoms with E-state index in [1.165, 1.54) is 5.39 Å². The number of aromatic nitrogens is 3. The summed E-state index contributed by atoms with van der Waals surface area (Å²) < 4.78 is 2.10. The van der Waals surface area contributed by atoms with Crippen molar-refractivity contribution in [2.75, 3.05) is 0 Å². The molecule has 1 N–H and O–H groups in total. The number of hydrogen-bond donors (Lipinski definition) is 1. The molecule has 2 aromatic carbocycles. The predicted molar refractivity (Wildman–Crippen MR) is 83.1 cm³/mol. The van der Waals surface area contributed by atoms with Gasteiger partial charge < -0.3 is 0 Å². The number of nitrogens with one attached hydrogen (secondary N) is 1. The maximum Gasteiger partial charge on any atom is 0.355 e. The normalized spacial score (nSPS) is 10.9. The van der Waals surface area contributed by atoms with Gasteiger partial charge in [0.1, 0.15) is 5.52 Å². The molecule has 4 rings (SSSR count). The zero-order valence-electron chi connectivity index (χ0n) is 11.4. The smallest absolute Gasteiger partial charge is 0.194 e. The molecule has 21 heavy (non-hydrogen) atoms. The molecular weight excluding hydrogens is 258 g/mol. The lowest BCUT2D eigenvalue weighted by Gasteiger charge is -1.99. The zero-order valence-corrected chi connectivity index (χ0v) is 11.4. The van der Waals surface area contributed by atoms with Gasteiger partial charge in [0.2, 0.25) is 0 Å². The monoisotopic (exact) mass is 272 g/mol. The lowest BCUT2D eigenvalue weighted by molar-refractivity contribution is -0.571. The van der Waals surface area contributed by atoms with Crippen LogP contribution in [-0.2, 0) is 0 Å². The fourth-order valence-electron chi connectivity index (χ4n) is 2.56. The van der Waals surface area contributed by atoms with Gasteiger partial charge in [-0.2, -0.15) is 9.67 Å². The number of para-hydroxylation sites is 1. The van der Waals surface area contributed by atoms with Crippen LogP contribution in [0, 0.1) is 0 Å². The highest BCUT2D eigenvalue weighted by atomic mass is 15.2. The maximum absolute atomic E-state index is 4.45. The maximum atomic E-state index is 4.45. The Kier molecular flexibility index (Phi) is 2.75. The van der Waals surface area contributed by atoms with Crippen LogP contribution in [0.5, 0.6) is 0 Å². The molecule has 0 aliphatic rings. The molecule has 0 spiro atoms. The van der Waals surface area contributed by atoms with Crippen LogP contribution in [0.4, 0.5) is 0 Å². The summed E-state index contributed by atoms with van der Waals surface area (Å²) >= 11 is 0. The first-order chi connectivity index (χ1) is 10.4. The van der Waals surface area contributed by atoms with Crippen molar-refractivity contribution < 1.29 is 4.57 Å². The van der Waals surface area contributed by atoms with Crippen molar-refractivity contribution in [1.29, 1.82) is 0 Å². The first-order valence-corrected chi connectivity index (χ1v) is 6.92. The van der Waals surface area contributed by atoms with Crippen LogP contribution in [0.2, 0.25) is 0 Å². The molecule has 0 bridgehead atoms. The van der Waals surface area contributed by atoms with Crippen LogP contribution in [0.25, 0.3) is 28.0 Å². The molecule has 4 aromatic rings. The number of rotatable bonds is 2. The van der Waals surface area contributed by atoms with Crippen LogP contribution in [0.15, 0.2) is 79.0 Å². The molecule has 2 aromatic heterocycles.